The van der Waals surface area contributed by atoms with E-state index in [2.05, 4.69) is 10.6 Å². The SMILES string of the molecule is COc1ccc(OC)c(CC(=O)NC(C(=O)NC(CC(=O)O)C(=O)CS(=O)Cc2ccccc2)C(C)C)c1. The predicted octanol–water partition coefficient (Wildman–Crippen LogP) is 1.86. The first kappa shape index (κ1) is 30.5. The smallest absolute Gasteiger partial charge is 0.305 e. The van der Waals surface area contributed by atoms with E-state index < -0.39 is 58.6 Å². The van der Waals surface area contributed by atoms with Gasteiger partial charge in [0.2, 0.25) is 11.8 Å². The van der Waals surface area contributed by atoms with Gasteiger partial charge in [0.05, 0.1) is 38.9 Å². The van der Waals surface area contributed by atoms with Crippen molar-refractivity contribution in [3.63, 3.8) is 0 Å². The number of benzene rings is 2. The molecule has 0 saturated heterocycles. The second kappa shape index (κ2) is 14.9. The molecule has 0 heterocycles. The van der Waals surface area contributed by atoms with Gasteiger partial charge >= 0.3 is 5.97 Å². The number of carboxylic acids is 1. The normalized spacial score (nSPS) is 13.2. The maximum absolute atomic E-state index is 13.1. The van der Waals surface area contributed by atoms with Crippen LogP contribution in [0.1, 0.15) is 31.4 Å². The minimum absolute atomic E-state index is 0.104. The molecule has 10 nitrogen and oxygen atoms in total. The van der Waals surface area contributed by atoms with Gasteiger partial charge in [-0.25, -0.2) is 0 Å². The van der Waals surface area contributed by atoms with Crippen molar-refractivity contribution in [3.8, 4) is 11.5 Å². The highest BCUT2D eigenvalue weighted by Crippen LogP contribution is 2.24. The van der Waals surface area contributed by atoms with Gasteiger partial charge in [-0.1, -0.05) is 44.2 Å². The number of Topliss-reactive ketones (excluding diaryl/α,β-unsaturated/α-hetero) is 1. The van der Waals surface area contributed by atoms with Crippen molar-refractivity contribution in [2.45, 2.75) is 44.5 Å². The summed E-state index contributed by atoms with van der Waals surface area (Å²) in [5.74, 6) is -2.81. The van der Waals surface area contributed by atoms with E-state index in [1.54, 1.807) is 56.3 Å². The summed E-state index contributed by atoms with van der Waals surface area (Å²) < 4.78 is 23.0. The molecule has 3 N–H and O–H groups in total. The Morgan fingerprint density at radius 2 is 1.66 bits per heavy atom. The molecule has 206 valence electrons. The number of hydrogen-bond donors (Lipinski definition) is 3. The van der Waals surface area contributed by atoms with Crippen LogP contribution >= 0.6 is 0 Å². The highest BCUT2D eigenvalue weighted by Gasteiger charge is 2.30. The molecule has 0 fully saturated rings. The zero-order valence-corrected chi connectivity index (χ0v) is 22.7. The van der Waals surface area contributed by atoms with Crippen LogP contribution in [0.2, 0.25) is 0 Å². The lowest BCUT2D eigenvalue weighted by Crippen LogP contribution is -2.54. The molecule has 2 aromatic rings. The minimum Gasteiger partial charge on any atom is -0.497 e. The third-order valence-corrected chi connectivity index (χ3v) is 6.92. The Hall–Kier alpha value is -3.73. The summed E-state index contributed by atoms with van der Waals surface area (Å²) in [6.07, 6.45) is -0.778. The molecule has 38 heavy (non-hydrogen) atoms. The monoisotopic (exact) mass is 546 g/mol. The van der Waals surface area contributed by atoms with Gasteiger partial charge in [-0.2, -0.15) is 0 Å². The quantitative estimate of drug-likeness (QED) is 0.307. The number of amides is 2. The van der Waals surface area contributed by atoms with Gasteiger partial charge in [-0.15, -0.1) is 0 Å². The van der Waals surface area contributed by atoms with E-state index in [4.69, 9.17) is 9.47 Å². The fourth-order valence-electron chi connectivity index (χ4n) is 3.70. The van der Waals surface area contributed by atoms with Crippen LogP contribution in [0.4, 0.5) is 0 Å². The molecule has 0 aliphatic heterocycles. The van der Waals surface area contributed by atoms with E-state index in [0.717, 1.165) is 5.56 Å². The third-order valence-electron chi connectivity index (χ3n) is 5.66. The summed E-state index contributed by atoms with van der Waals surface area (Å²) in [6.45, 7) is 3.42. The van der Waals surface area contributed by atoms with Crippen molar-refractivity contribution in [2.24, 2.45) is 5.92 Å². The Morgan fingerprint density at radius 3 is 2.24 bits per heavy atom. The number of nitrogens with one attached hydrogen (secondary N) is 2. The fourth-order valence-corrected chi connectivity index (χ4v) is 4.89. The van der Waals surface area contributed by atoms with E-state index in [-0.39, 0.29) is 18.1 Å². The fraction of sp³-hybridized carbons (Fsp3) is 0.407. The van der Waals surface area contributed by atoms with Gasteiger partial charge in [-0.05, 0) is 29.7 Å². The van der Waals surface area contributed by atoms with E-state index >= 15 is 0 Å². The number of hydrogen-bond acceptors (Lipinski definition) is 7. The van der Waals surface area contributed by atoms with Crippen LogP contribution in [0.5, 0.6) is 11.5 Å². The van der Waals surface area contributed by atoms with Gasteiger partial charge < -0.3 is 25.2 Å². The number of carbonyl (C=O) groups excluding carboxylic acids is 3. The average Bonchev–Trinajstić information content (AvgIpc) is 2.86. The highest BCUT2D eigenvalue weighted by molar-refractivity contribution is 7.84. The maximum atomic E-state index is 13.1. The molecular formula is C27H34N2O8S. The summed E-state index contributed by atoms with van der Waals surface area (Å²) in [6, 6.07) is 11.5. The molecular weight excluding hydrogens is 512 g/mol. The predicted molar refractivity (Wildman–Crippen MR) is 142 cm³/mol. The van der Waals surface area contributed by atoms with Crippen LogP contribution < -0.4 is 20.1 Å². The second-order valence-corrected chi connectivity index (χ2v) is 10.4. The molecule has 3 unspecified atom stereocenters. The standard InChI is InChI=1S/C27H34N2O8S/c1-17(2)26(29-24(31)13-19-12-20(36-3)10-11-23(19)37-4)27(34)28-21(14-25(32)33)22(30)16-38(35)15-18-8-6-5-7-9-18/h5-12,17,21,26H,13-16H2,1-4H3,(H,28,34)(H,29,31)(H,32,33). The summed E-state index contributed by atoms with van der Waals surface area (Å²) in [5.41, 5.74) is 1.32. The minimum atomic E-state index is -1.59. The molecule has 0 aliphatic carbocycles. The molecule has 11 heteroatoms. The van der Waals surface area contributed by atoms with Crippen LogP contribution in [0.15, 0.2) is 48.5 Å². The van der Waals surface area contributed by atoms with E-state index in [1.807, 2.05) is 6.07 Å². The van der Waals surface area contributed by atoms with Crippen molar-refractivity contribution in [1.82, 2.24) is 10.6 Å². The van der Waals surface area contributed by atoms with Crippen molar-refractivity contribution in [2.75, 3.05) is 20.0 Å². The van der Waals surface area contributed by atoms with E-state index in [1.165, 1.54) is 14.2 Å². The number of aliphatic carboxylic acids is 1. The summed E-state index contributed by atoms with van der Waals surface area (Å²) in [4.78, 5) is 50.1. The molecule has 0 radical (unpaired) electrons. The number of carbonyl (C=O) groups is 4. The molecule has 0 spiro atoms. The molecule has 0 saturated carbocycles. The third kappa shape index (κ3) is 9.62. The molecule has 0 aliphatic rings. The van der Waals surface area contributed by atoms with Gasteiger partial charge in [0.15, 0.2) is 5.78 Å². The number of ketones is 1. The second-order valence-electron chi connectivity index (χ2n) is 8.98. The summed E-state index contributed by atoms with van der Waals surface area (Å²) in [5, 5.41) is 14.4. The largest absolute Gasteiger partial charge is 0.497 e. The topological polar surface area (TPSA) is 148 Å². The summed E-state index contributed by atoms with van der Waals surface area (Å²) >= 11 is 0. The van der Waals surface area contributed by atoms with Gasteiger partial charge in [0.25, 0.3) is 0 Å². The van der Waals surface area contributed by atoms with Crippen LogP contribution in [0.25, 0.3) is 0 Å². The molecule has 0 bridgehead atoms. The summed E-state index contributed by atoms with van der Waals surface area (Å²) in [7, 11) is 1.37. The first-order valence-corrected chi connectivity index (χ1v) is 13.5. The van der Waals surface area contributed by atoms with Crippen LogP contribution in [-0.2, 0) is 42.2 Å². The maximum Gasteiger partial charge on any atom is 0.305 e. The van der Waals surface area contributed by atoms with E-state index in [9.17, 15) is 28.5 Å². The Bertz CT molecular complexity index is 1150. The molecule has 2 amide bonds. The zero-order valence-electron chi connectivity index (χ0n) is 21.9. The Morgan fingerprint density at radius 1 is 0.974 bits per heavy atom. The Labute approximate surface area is 224 Å². The number of rotatable bonds is 15. The first-order valence-electron chi connectivity index (χ1n) is 12.0. The zero-order chi connectivity index (χ0) is 28.2. The van der Waals surface area contributed by atoms with Crippen molar-refractivity contribution < 1.29 is 38.0 Å². The van der Waals surface area contributed by atoms with Crippen molar-refractivity contribution >= 4 is 34.4 Å². The van der Waals surface area contributed by atoms with Crippen LogP contribution in [-0.4, -0.2) is 64.9 Å². The molecule has 0 aromatic heterocycles. The Kier molecular flexibility index (Phi) is 11.9. The highest BCUT2D eigenvalue weighted by atomic mass is 32.2. The Balaban J connectivity index is 2.09. The van der Waals surface area contributed by atoms with Crippen LogP contribution in [0.3, 0.4) is 0 Å². The number of methoxy groups -OCH3 is 2. The number of carboxylic acid groups (broad SMARTS) is 1. The molecule has 3 atom stereocenters. The average molecular weight is 547 g/mol. The van der Waals surface area contributed by atoms with Crippen molar-refractivity contribution in [3.05, 3.63) is 59.7 Å². The first-order chi connectivity index (χ1) is 18.0. The number of ether oxygens (including phenoxy) is 2. The molecule has 2 rings (SSSR count). The van der Waals surface area contributed by atoms with Gasteiger partial charge in [0, 0.05) is 22.1 Å². The van der Waals surface area contributed by atoms with Gasteiger partial charge in [-0.3, -0.25) is 23.4 Å². The van der Waals surface area contributed by atoms with Crippen molar-refractivity contribution in [1.29, 1.82) is 0 Å². The van der Waals surface area contributed by atoms with Gasteiger partial charge in [0.1, 0.15) is 17.5 Å². The molecule has 2 aromatic carbocycles. The lowest BCUT2D eigenvalue weighted by Gasteiger charge is -2.24. The lowest BCUT2D eigenvalue weighted by molar-refractivity contribution is -0.140. The van der Waals surface area contributed by atoms with E-state index in [0.29, 0.717) is 17.1 Å². The lowest BCUT2D eigenvalue weighted by atomic mass is 10.0. The van der Waals surface area contributed by atoms with Crippen LogP contribution in [0, 0.1) is 5.92 Å².